The summed E-state index contributed by atoms with van der Waals surface area (Å²) >= 11 is 0. The van der Waals surface area contributed by atoms with E-state index in [2.05, 4.69) is 0 Å². The molecule has 1 unspecified atom stereocenters. The number of halogens is 1. The molecule has 0 amide bonds. The highest BCUT2D eigenvalue weighted by Gasteiger charge is 2.33. The van der Waals surface area contributed by atoms with Crippen molar-refractivity contribution in [2.75, 3.05) is 7.11 Å². The minimum Gasteiger partial charge on any atom is -0.373 e. The summed E-state index contributed by atoms with van der Waals surface area (Å²) in [5.41, 5.74) is 0.604. The average Bonchev–Trinajstić information content (AvgIpc) is 2.20. The number of ether oxygens (including phenoxy) is 1. The van der Waals surface area contributed by atoms with Crippen molar-refractivity contribution in [2.45, 2.75) is 33.8 Å². The minimum atomic E-state index is -0.640. The molecule has 0 saturated carbocycles. The molecule has 94 valence electrons. The van der Waals surface area contributed by atoms with E-state index in [4.69, 9.17) is 4.74 Å². The van der Waals surface area contributed by atoms with E-state index in [1.807, 2.05) is 27.7 Å². The Balaban J connectivity index is 3.15. The van der Waals surface area contributed by atoms with Crippen molar-refractivity contribution in [1.29, 1.82) is 0 Å². The first-order valence-electron chi connectivity index (χ1n) is 5.60. The van der Waals surface area contributed by atoms with E-state index in [-0.39, 0.29) is 16.8 Å². The largest absolute Gasteiger partial charge is 0.373 e. The Morgan fingerprint density at radius 1 is 1.35 bits per heavy atom. The number of hydrogen-bond donors (Lipinski definition) is 0. The molecule has 0 saturated heterocycles. The number of hydrogen-bond acceptors (Lipinski definition) is 2. The Hall–Kier alpha value is -1.22. The maximum atomic E-state index is 13.6. The van der Waals surface area contributed by atoms with Crippen molar-refractivity contribution in [1.82, 2.24) is 0 Å². The number of ketones is 1. The van der Waals surface area contributed by atoms with E-state index in [9.17, 15) is 9.18 Å². The van der Waals surface area contributed by atoms with Crippen molar-refractivity contribution in [2.24, 2.45) is 5.41 Å². The van der Waals surface area contributed by atoms with Crippen LogP contribution in [0, 0.1) is 18.2 Å². The van der Waals surface area contributed by atoms with E-state index < -0.39 is 11.9 Å². The molecule has 0 heterocycles. The van der Waals surface area contributed by atoms with Crippen LogP contribution in [0.25, 0.3) is 0 Å². The molecule has 0 aliphatic carbocycles. The number of rotatable bonds is 3. The number of methoxy groups -OCH3 is 1. The molecule has 1 atom stereocenters. The summed E-state index contributed by atoms with van der Waals surface area (Å²) in [4.78, 5) is 12.2. The second kappa shape index (κ2) is 4.96. The summed E-state index contributed by atoms with van der Waals surface area (Å²) in [6.07, 6.45) is -0.640. The molecule has 1 aromatic rings. The van der Waals surface area contributed by atoms with Crippen LogP contribution in [0.5, 0.6) is 0 Å². The SMILES string of the molecule is COC(C(=O)c1cc(C)ccc1F)C(C)(C)C. The van der Waals surface area contributed by atoms with Crippen molar-refractivity contribution in [3.05, 3.63) is 35.1 Å². The molecule has 0 aliphatic rings. The number of aryl methyl sites for hydroxylation is 1. The summed E-state index contributed by atoms with van der Waals surface area (Å²) in [6, 6.07) is 4.53. The topological polar surface area (TPSA) is 26.3 Å². The summed E-state index contributed by atoms with van der Waals surface area (Å²) < 4.78 is 18.8. The molecule has 0 N–H and O–H groups in total. The highest BCUT2D eigenvalue weighted by molar-refractivity contribution is 6.00. The molecular formula is C14H19FO2. The van der Waals surface area contributed by atoms with Gasteiger partial charge in [0.25, 0.3) is 0 Å². The lowest BCUT2D eigenvalue weighted by Gasteiger charge is -2.28. The fourth-order valence-corrected chi connectivity index (χ4v) is 1.82. The molecule has 0 aromatic heterocycles. The number of carbonyl (C=O) groups excluding carboxylic acids is 1. The molecule has 0 aliphatic heterocycles. The summed E-state index contributed by atoms with van der Waals surface area (Å²) in [6.45, 7) is 7.52. The lowest BCUT2D eigenvalue weighted by Crippen LogP contribution is -2.36. The molecule has 1 aromatic carbocycles. The first-order chi connectivity index (χ1) is 7.77. The average molecular weight is 238 g/mol. The summed E-state index contributed by atoms with van der Waals surface area (Å²) in [5, 5.41) is 0. The fraction of sp³-hybridized carbons (Fsp3) is 0.500. The maximum Gasteiger partial charge on any atom is 0.195 e. The third kappa shape index (κ3) is 3.13. The third-order valence-electron chi connectivity index (χ3n) is 2.65. The lowest BCUT2D eigenvalue weighted by atomic mass is 9.84. The number of Topliss-reactive ketones (excluding diaryl/α,β-unsaturated/α-hetero) is 1. The van der Waals surface area contributed by atoms with Gasteiger partial charge < -0.3 is 4.74 Å². The zero-order valence-electron chi connectivity index (χ0n) is 11.0. The Morgan fingerprint density at radius 2 is 1.94 bits per heavy atom. The highest BCUT2D eigenvalue weighted by Crippen LogP contribution is 2.26. The molecular weight excluding hydrogens is 219 g/mol. The van der Waals surface area contributed by atoms with Gasteiger partial charge in [-0.1, -0.05) is 32.4 Å². The third-order valence-corrected chi connectivity index (χ3v) is 2.65. The van der Waals surface area contributed by atoms with Crippen LogP contribution in [0.1, 0.15) is 36.7 Å². The van der Waals surface area contributed by atoms with Gasteiger partial charge in [-0.15, -0.1) is 0 Å². The van der Waals surface area contributed by atoms with Crippen LogP contribution in [0.15, 0.2) is 18.2 Å². The molecule has 0 spiro atoms. The van der Waals surface area contributed by atoms with E-state index in [0.29, 0.717) is 0 Å². The Bertz CT molecular complexity index is 419. The molecule has 1 rings (SSSR count). The molecule has 0 radical (unpaired) electrons. The van der Waals surface area contributed by atoms with Gasteiger partial charge in [0.05, 0.1) is 5.56 Å². The molecule has 3 heteroatoms. The predicted molar refractivity (Wildman–Crippen MR) is 65.7 cm³/mol. The smallest absolute Gasteiger partial charge is 0.195 e. The maximum absolute atomic E-state index is 13.6. The predicted octanol–water partition coefficient (Wildman–Crippen LogP) is 3.38. The van der Waals surface area contributed by atoms with Crippen molar-refractivity contribution in [3.8, 4) is 0 Å². The minimum absolute atomic E-state index is 0.103. The van der Waals surface area contributed by atoms with E-state index in [1.54, 1.807) is 12.1 Å². The van der Waals surface area contributed by atoms with Crippen LogP contribution in [-0.2, 0) is 4.74 Å². The first kappa shape index (κ1) is 13.8. The normalized spacial score (nSPS) is 13.5. The zero-order chi connectivity index (χ0) is 13.2. The highest BCUT2D eigenvalue weighted by atomic mass is 19.1. The van der Waals surface area contributed by atoms with Gasteiger partial charge in [-0.2, -0.15) is 0 Å². The Morgan fingerprint density at radius 3 is 2.41 bits per heavy atom. The quantitative estimate of drug-likeness (QED) is 0.755. The van der Waals surface area contributed by atoms with Crippen molar-refractivity contribution in [3.63, 3.8) is 0 Å². The van der Waals surface area contributed by atoms with Gasteiger partial charge in [-0.25, -0.2) is 4.39 Å². The summed E-state index contributed by atoms with van der Waals surface area (Å²) in [7, 11) is 1.47. The number of benzene rings is 1. The Kier molecular flexibility index (Phi) is 4.04. The standard InChI is InChI=1S/C14H19FO2/c1-9-6-7-11(15)10(8-9)12(16)13(17-5)14(2,3)4/h6-8,13H,1-5H3. The van der Waals surface area contributed by atoms with E-state index in [1.165, 1.54) is 13.2 Å². The Labute approximate surface area is 102 Å². The molecule has 2 nitrogen and oxygen atoms in total. The number of carbonyl (C=O) groups is 1. The van der Waals surface area contributed by atoms with Gasteiger partial charge in [0.15, 0.2) is 5.78 Å². The van der Waals surface area contributed by atoms with Crippen LogP contribution in [-0.4, -0.2) is 19.0 Å². The van der Waals surface area contributed by atoms with Crippen molar-refractivity contribution < 1.29 is 13.9 Å². The second-order valence-electron chi connectivity index (χ2n) is 5.33. The summed E-state index contributed by atoms with van der Waals surface area (Å²) in [5.74, 6) is -0.798. The molecule has 0 bridgehead atoms. The zero-order valence-corrected chi connectivity index (χ0v) is 11.0. The molecule has 0 fully saturated rings. The fourth-order valence-electron chi connectivity index (χ4n) is 1.82. The van der Waals surface area contributed by atoms with Gasteiger partial charge >= 0.3 is 0 Å². The van der Waals surface area contributed by atoms with Gasteiger partial charge in [-0.05, 0) is 24.5 Å². The van der Waals surface area contributed by atoms with Crippen LogP contribution in [0.4, 0.5) is 4.39 Å². The van der Waals surface area contributed by atoms with E-state index in [0.717, 1.165) is 5.56 Å². The van der Waals surface area contributed by atoms with Crippen LogP contribution < -0.4 is 0 Å². The van der Waals surface area contributed by atoms with Gasteiger partial charge in [0, 0.05) is 7.11 Å². The van der Waals surface area contributed by atoms with Crippen molar-refractivity contribution >= 4 is 5.78 Å². The first-order valence-corrected chi connectivity index (χ1v) is 5.60. The van der Waals surface area contributed by atoms with Gasteiger partial charge in [0.1, 0.15) is 11.9 Å². The second-order valence-corrected chi connectivity index (χ2v) is 5.33. The van der Waals surface area contributed by atoms with Crippen LogP contribution >= 0.6 is 0 Å². The van der Waals surface area contributed by atoms with Gasteiger partial charge in [-0.3, -0.25) is 4.79 Å². The van der Waals surface area contributed by atoms with E-state index >= 15 is 0 Å². The monoisotopic (exact) mass is 238 g/mol. The van der Waals surface area contributed by atoms with Crippen LogP contribution in [0.3, 0.4) is 0 Å². The lowest BCUT2D eigenvalue weighted by molar-refractivity contribution is 0.0192. The molecule has 17 heavy (non-hydrogen) atoms. The van der Waals surface area contributed by atoms with Crippen LogP contribution in [0.2, 0.25) is 0 Å². The van der Waals surface area contributed by atoms with Gasteiger partial charge in [0.2, 0.25) is 0 Å².